The molecule has 4 rings (SSSR count). The molecule has 39 heavy (non-hydrogen) atoms. The third kappa shape index (κ3) is 8.94. The molecule has 0 saturated heterocycles. The van der Waals surface area contributed by atoms with Gasteiger partial charge in [-0.25, -0.2) is 9.97 Å². The Labute approximate surface area is 233 Å². The molecular formula is C24H29N7O6S2. The number of nitrogens with zero attached hydrogens (tertiary/aromatic N) is 3. The van der Waals surface area contributed by atoms with Gasteiger partial charge in [-0.05, 0) is 51.0 Å². The summed E-state index contributed by atoms with van der Waals surface area (Å²) in [5.74, 6) is -0.237. The Kier molecular flexibility index (Phi) is 10.3. The van der Waals surface area contributed by atoms with Crippen molar-refractivity contribution in [1.29, 1.82) is 0 Å². The zero-order valence-corrected chi connectivity index (χ0v) is 22.9. The van der Waals surface area contributed by atoms with Gasteiger partial charge in [-0.3, -0.25) is 24.2 Å². The molecule has 0 bridgehead atoms. The van der Waals surface area contributed by atoms with Gasteiger partial charge >= 0.3 is 0 Å². The molecule has 15 heteroatoms. The molecule has 1 amide bonds. The van der Waals surface area contributed by atoms with E-state index in [4.69, 9.17) is 19.8 Å². The van der Waals surface area contributed by atoms with E-state index in [1.807, 2.05) is 13.8 Å². The van der Waals surface area contributed by atoms with Gasteiger partial charge in [0.1, 0.15) is 0 Å². The van der Waals surface area contributed by atoms with E-state index < -0.39 is 5.56 Å². The van der Waals surface area contributed by atoms with Crippen molar-refractivity contribution in [2.24, 2.45) is 0 Å². The third-order valence-corrected chi connectivity index (χ3v) is 6.84. The number of anilines is 2. The smallest absolute Gasteiger partial charge is 0.290 e. The molecule has 208 valence electrons. The number of nitrogens with one attached hydrogen (secondary N) is 3. The van der Waals surface area contributed by atoms with Gasteiger partial charge in [-0.2, -0.15) is 17.6 Å². The molecule has 1 aromatic carbocycles. The number of carboxylic acid groups (broad SMARTS) is 1. The van der Waals surface area contributed by atoms with Crippen LogP contribution in [0.1, 0.15) is 49.2 Å². The first-order valence-electron chi connectivity index (χ1n) is 11.8. The quantitative estimate of drug-likeness (QED) is 0.117. The minimum absolute atomic E-state index is 0.00591. The number of nitrogens with two attached hydrogens (primary N) is 1. The minimum atomic E-state index is -0.452. The van der Waals surface area contributed by atoms with Crippen molar-refractivity contribution in [1.82, 2.24) is 25.3 Å². The van der Waals surface area contributed by atoms with Crippen LogP contribution >= 0.6 is 24.7 Å². The van der Waals surface area contributed by atoms with E-state index in [2.05, 4.69) is 43.2 Å². The summed E-state index contributed by atoms with van der Waals surface area (Å²) in [5.41, 5.74) is 7.17. The number of amides is 1. The van der Waals surface area contributed by atoms with Crippen LogP contribution in [0.25, 0.3) is 11.2 Å². The average molecular weight is 576 g/mol. The van der Waals surface area contributed by atoms with Gasteiger partial charge < -0.3 is 25.7 Å². The summed E-state index contributed by atoms with van der Waals surface area (Å²) in [6.07, 6.45) is 3.18. The highest BCUT2D eigenvalue weighted by atomic mass is 32.2. The van der Waals surface area contributed by atoms with Gasteiger partial charge in [-0.15, -0.1) is 0 Å². The second kappa shape index (κ2) is 13.4. The number of hydrogen-bond donors (Lipinski definition) is 6. The highest BCUT2D eigenvalue weighted by Gasteiger charge is 2.49. The number of rotatable bonds is 10. The number of carbonyl (C=O) groups excluding carboxylic acids is 2. The number of aromatic amines is 1. The first kappa shape index (κ1) is 29.9. The largest absolute Gasteiger partial charge is 0.483 e. The molecule has 0 radical (unpaired) electrons. The van der Waals surface area contributed by atoms with Crippen LogP contribution in [0.5, 0.6) is 0 Å². The lowest BCUT2D eigenvalue weighted by molar-refractivity contribution is -0.122. The summed E-state index contributed by atoms with van der Waals surface area (Å²) in [4.78, 5) is 59.7. The topological polar surface area (TPSA) is 202 Å². The molecule has 1 aliphatic carbocycles. The highest BCUT2D eigenvalue weighted by Crippen LogP contribution is 2.46. The fourth-order valence-electron chi connectivity index (χ4n) is 3.31. The molecule has 1 saturated carbocycles. The lowest BCUT2D eigenvalue weighted by Crippen LogP contribution is -2.32. The summed E-state index contributed by atoms with van der Waals surface area (Å²) < 4.78 is 5.33. The standard InChI is InChI=1S/C23H27N7O4S2.CH2O2/c1-12(3-8-17(31)36-34-16-9-23(16,2)35)27-20(32)13-4-6-14(7-5-13)25-10-15-11-26-19-18(28-15)21(33)30-22(24)29-19;2-1-3/h4-7,11-12,16,25,35H,3,8-10H2,1-2H3,(H,27,32)(H3,24,26,29,30,33);1H,(H,2,3). The van der Waals surface area contributed by atoms with Crippen molar-refractivity contribution in [3.05, 3.63) is 52.1 Å². The Morgan fingerprint density at radius 3 is 2.67 bits per heavy atom. The molecule has 0 aliphatic heterocycles. The lowest BCUT2D eigenvalue weighted by atomic mass is 10.1. The first-order valence-corrected chi connectivity index (χ1v) is 13.0. The molecule has 2 aromatic heterocycles. The molecule has 3 unspecified atom stereocenters. The number of thiol groups is 1. The van der Waals surface area contributed by atoms with Crippen molar-refractivity contribution in [3.63, 3.8) is 0 Å². The Morgan fingerprint density at radius 2 is 2.03 bits per heavy atom. The van der Waals surface area contributed by atoms with Crippen molar-refractivity contribution in [3.8, 4) is 0 Å². The van der Waals surface area contributed by atoms with Crippen LogP contribution in [0.3, 0.4) is 0 Å². The van der Waals surface area contributed by atoms with E-state index in [1.165, 1.54) is 6.20 Å². The van der Waals surface area contributed by atoms with Gasteiger partial charge in [0, 0.05) is 28.5 Å². The SMILES string of the molecule is CC(CCC(=O)SOC1CC1(C)S)NC(=O)c1ccc(NCc2cnc3nc(N)[nH]c(=O)c3n2)cc1.O=CO. The lowest BCUT2D eigenvalue weighted by Gasteiger charge is -2.14. The molecule has 3 aromatic rings. The predicted octanol–water partition coefficient (Wildman–Crippen LogP) is 2.16. The summed E-state index contributed by atoms with van der Waals surface area (Å²) in [5, 5.41) is 12.9. The molecule has 0 spiro atoms. The van der Waals surface area contributed by atoms with Crippen LogP contribution in [-0.4, -0.2) is 59.4 Å². The Bertz CT molecular complexity index is 1380. The van der Waals surface area contributed by atoms with E-state index in [1.54, 1.807) is 24.3 Å². The van der Waals surface area contributed by atoms with E-state index in [-0.39, 0.29) is 51.5 Å². The van der Waals surface area contributed by atoms with Crippen molar-refractivity contribution < 1.29 is 23.7 Å². The zero-order valence-electron chi connectivity index (χ0n) is 21.2. The van der Waals surface area contributed by atoms with Crippen molar-refractivity contribution >= 4 is 65.0 Å². The number of fused-ring (bicyclic) bond motifs is 1. The Morgan fingerprint density at radius 1 is 1.36 bits per heavy atom. The van der Waals surface area contributed by atoms with E-state index >= 15 is 0 Å². The molecule has 1 fully saturated rings. The fourth-order valence-corrected chi connectivity index (χ4v) is 4.30. The second-order valence-corrected chi connectivity index (χ2v) is 10.9. The second-order valence-electron chi connectivity index (χ2n) is 9.04. The molecular weight excluding hydrogens is 546 g/mol. The van der Waals surface area contributed by atoms with Crippen molar-refractivity contribution in [2.75, 3.05) is 11.1 Å². The normalized spacial score (nSPS) is 18.4. The number of nitrogen functional groups attached to an aromatic ring is 1. The van der Waals surface area contributed by atoms with E-state index in [0.29, 0.717) is 30.6 Å². The molecule has 6 N–H and O–H groups in total. The first-order chi connectivity index (χ1) is 18.5. The number of benzene rings is 1. The summed E-state index contributed by atoms with van der Waals surface area (Å²) in [6, 6.07) is 6.77. The highest BCUT2D eigenvalue weighted by molar-refractivity contribution is 8.09. The summed E-state index contributed by atoms with van der Waals surface area (Å²) in [6.45, 7) is 3.90. The fraction of sp³-hybridized carbons (Fsp3) is 0.375. The molecule has 1 aliphatic rings. The number of H-pyrrole nitrogens is 1. The maximum absolute atomic E-state index is 12.5. The average Bonchev–Trinajstić information content (AvgIpc) is 3.51. The van der Waals surface area contributed by atoms with E-state index in [9.17, 15) is 14.4 Å². The van der Waals surface area contributed by atoms with Gasteiger partial charge in [0.25, 0.3) is 17.9 Å². The van der Waals surface area contributed by atoms with Crippen LogP contribution in [0.4, 0.5) is 11.6 Å². The van der Waals surface area contributed by atoms with Crippen molar-refractivity contribution in [2.45, 2.75) is 56.5 Å². The van der Waals surface area contributed by atoms with Crippen LogP contribution in [0, 0.1) is 0 Å². The summed E-state index contributed by atoms with van der Waals surface area (Å²) in [7, 11) is 0. The molecule has 2 heterocycles. The van der Waals surface area contributed by atoms with Gasteiger partial charge in [-0.1, -0.05) is 0 Å². The third-order valence-electron chi connectivity index (χ3n) is 5.66. The monoisotopic (exact) mass is 575 g/mol. The molecule has 3 atom stereocenters. The maximum Gasteiger partial charge on any atom is 0.290 e. The predicted molar refractivity (Wildman–Crippen MR) is 150 cm³/mol. The van der Waals surface area contributed by atoms with Gasteiger partial charge in [0.15, 0.2) is 11.2 Å². The van der Waals surface area contributed by atoms with Crippen LogP contribution in [0.2, 0.25) is 0 Å². The number of carbonyl (C=O) groups is 3. The number of hydrogen-bond acceptors (Lipinski definition) is 12. The summed E-state index contributed by atoms with van der Waals surface area (Å²) >= 11 is 5.29. The zero-order chi connectivity index (χ0) is 28.6. The maximum atomic E-state index is 12.5. The van der Waals surface area contributed by atoms with Crippen LogP contribution in [-0.2, 0) is 20.3 Å². The minimum Gasteiger partial charge on any atom is -0.483 e. The number of aromatic nitrogens is 4. The van der Waals surface area contributed by atoms with Gasteiger partial charge in [0.05, 0.1) is 36.6 Å². The van der Waals surface area contributed by atoms with E-state index in [0.717, 1.165) is 24.2 Å². The van der Waals surface area contributed by atoms with Gasteiger partial charge in [0.2, 0.25) is 11.1 Å². The van der Waals surface area contributed by atoms with Crippen LogP contribution < -0.4 is 21.9 Å². The Hall–Kier alpha value is -3.69. The van der Waals surface area contributed by atoms with Crippen LogP contribution in [0.15, 0.2) is 35.3 Å². The molecule has 13 nitrogen and oxygen atoms in total. The Balaban J connectivity index is 0.00000134.